The normalized spacial score (nSPS) is 21.0. The van der Waals surface area contributed by atoms with Crippen molar-refractivity contribution in [2.24, 2.45) is 11.5 Å². The molecule has 0 aliphatic heterocycles. The second-order valence-corrected chi connectivity index (χ2v) is 2.53. The van der Waals surface area contributed by atoms with Crippen LogP contribution in [-0.2, 0) is 0 Å². The minimum Gasteiger partial charge on any atom is -0.374 e. The third-order valence-electron chi connectivity index (χ3n) is 1.44. The van der Waals surface area contributed by atoms with Gasteiger partial charge in [-0.05, 0) is 13.3 Å². The van der Waals surface area contributed by atoms with E-state index in [4.69, 9.17) is 11.5 Å². The van der Waals surface area contributed by atoms with Crippen molar-refractivity contribution in [3.05, 3.63) is 0 Å². The summed E-state index contributed by atoms with van der Waals surface area (Å²) in [6, 6.07) is -0.350. The van der Waals surface area contributed by atoms with E-state index in [9.17, 15) is 5.11 Å². The van der Waals surface area contributed by atoms with E-state index in [2.05, 4.69) is 0 Å². The highest BCUT2D eigenvalue weighted by molar-refractivity contribution is 4.78. The summed E-state index contributed by atoms with van der Waals surface area (Å²) >= 11 is 0. The van der Waals surface area contributed by atoms with Crippen LogP contribution in [0.2, 0.25) is 0 Å². The van der Waals surface area contributed by atoms with Gasteiger partial charge in [0.2, 0.25) is 0 Å². The van der Waals surface area contributed by atoms with Crippen molar-refractivity contribution in [1.82, 2.24) is 0 Å². The zero-order valence-electron chi connectivity index (χ0n) is 6.09. The summed E-state index contributed by atoms with van der Waals surface area (Å²) in [5, 5.41) is 9.24. The number of hydrogen-bond acceptors (Lipinski definition) is 3. The van der Waals surface area contributed by atoms with Crippen molar-refractivity contribution < 1.29 is 5.11 Å². The van der Waals surface area contributed by atoms with Crippen molar-refractivity contribution in [3.8, 4) is 0 Å². The second kappa shape index (κ2) is 3.15. The molecule has 0 saturated heterocycles. The van der Waals surface area contributed by atoms with Gasteiger partial charge in [0.25, 0.3) is 0 Å². The molecule has 2 unspecified atom stereocenters. The van der Waals surface area contributed by atoms with Crippen LogP contribution in [0, 0.1) is 0 Å². The summed E-state index contributed by atoms with van der Waals surface area (Å²) in [7, 11) is 0. The van der Waals surface area contributed by atoms with Gasteiger partial charge in [0.15, 0.2) is 0 Å². The zero-order chi connectivity index (χ0) is 7.49. The van der Waals surface area contributed by atoms with Gasteiger partial charge in [0.05, 0.1) is 0 Å². The molecule has 3 nitrogen and oxygen atoms in total. The first-order valence-corrected chi connectivity index (χ1v) is 3.27. The molecule has 0 fully saturated rings. The Kier molecular flexibility index (Phi) is 3.11. The van der Waals surface area contributed by atoms with Gasteiger partial charge < -0.3 is 16.6 Å². The fourth-order valence-corrected chi connectivity index (χ4v) is 0.628. The van der Waals surface area contributed by atoms with Crippen LogP contribution in [0.25, 0.3) is 0 Å². The molecule has 0 amide bonds. The van der Waals surface area contributed by atoms with E-state index in [0.717, 1.165) is 6.42 Å². The molecule has 0 aromatic rings. The highest BCUT2D eigenvalue weighted by atomic mass is 16.3. The summed E-state index contributed by atoms with van der Waals surface area (Å²) in [5.74, 6) is 0. The first-order valence-electron chi connectivity index (χ1n) is 3.27. The molecule has 0 aliphatic rings. The lowest BCUT2D eigenvalue weighted by molar-refractivity contribution is 0.0167. The van der Waals surface area contributed by atoms with Crippen molar-refractivity contribution in [3.63, 3.8) is 0 Å². The number of hydrogen-bond donors (Lipinski definition) is 3. The molecule has 56 valence electrons. The summed E-state index contributed by atoms with van der Waals surface area (Å²) in [6.07, 6.45) is 1.42. The van der Waals surface area contributed by atoms with Crippen LogP contribution in [0.1, 0.15) is 26.7 Å². The summed E-state index contributed by atoms with van der Waals surface area (Å²) in [6.45, 7) is 3.66. The average molecular weight is 132 g/mol. The van der Waals surface area contributed by atoms with Crippen LogP contribution in [0.4, 0.5) is 0 Å². The molecule has 0 aromatic carbocycles. The van der Waals surface area contributed by atoms with Gasteiger partial charge in [-0.1, -0.05) is 13.3 Å². The molecule has 0 heterocycles. The Bertz CT molecular complexity index is 81.1. The molecule has 5 N–H and O–H groups in total. The molecule has 0 aromatic heterocycles. The molecular formula is C6H16N2O. The fraction of sp³-hybridized carbons (Fsp3) is 1.00. The predicted molar refractivity (Wildman–Crippen MR) is 37.7 cm³/mol. The van der Waals surface area contributed by atoms with Crippen LogP contribution in [0.15, 0.2) is 0 Å². The molecular weight excluding hydrogens is 116 g/mol. The average Bonchev–Trinajstić information content (AvgIpc) is 1.65. The zero-order valence-corrected chi connectivity index (χ0v) is 6.09. The van der Waals surface area contributed by atoms with Gasteiger partial charge in [-0.15, -0.1) is 0 Å². The highest BCUT2D eigenvalue weighted by Gasteiger charge is 2.24. The highest BCUT2D eigenvalue weighted by Crippen LogP contribution is 2.07. The Morgan fingerprint density at radius 1 is 1.67 bits per heavy atom. The van der Waals surface area contributed by atoms with E-state index in [1.807, 2.05) is 6.92 Å². The van der Waals surface area contributed by atoms with E-state index in [0.29, 0.717) is 6.42 Å². The van der Waals surface area contributed by atoms with E-state index in [1.165, 1.54) is 0 Å². The lowest BCUT2D eigenvalue weighted by atomic mass is 10.0. The molecule has 0 radical (unpaired) electrons. The molecule has 0 bridgehead atoms. The SMILES string of the molecule is CCCC(N)(O)C(C)N. The van der Waals surface area contributed by atoms with Crippen LogP contribution in [0.5, 0.6) is 0 Å². The molecule has 0 saturated carbocycles. The van der Waals surface area contributed by atoms with E-state index in [-0.39, 0.29) is 6.04 Å². The van der Waals surface area contributed by atoms with Crippen LogP contribution < -0.4 is 11.5 Å². The lowest BCUT2D eigenvalue weighted by Gasteiger charge is -2.26. The molecule has 0 spiro atoms. The maximum atomic E-state index is 9.24. The lowest BCUT2D eigenvalue weighted by Crippen LogP contribution is -2.53. The van der Waals surface area contributed by atoms with Gasteiger partial charge in [-0.3, -0.25) is 0 Å². The van der Waals surface area contributed by atoms with E-state index < -0.39 is 5.72 Å². The van der Waals surface area contributed by atoms with Crippen molar-refractivity contribution in [1.29, 1.82) is 0 Å². The molecule has 9 heavy (non-hydrogen) atoms. The Hall–Kier alpha value is -0.120. The Labute approximate surface area is 56.0 Å². The predicted octanol–water partition coefficient (Wildman–Crippen LogP) is -0.219. The molecule has 2 atom stereocenters. The standard InChI is InChI=1S/C6H16N2O/c1-3-4-6(8,9)5(2)7/h5,9H,3-4,7-8H2,1-2H3. The van der Waals surface area contributed by atoms with Crippen molar-refractivity contribution >= 4 is 0 Å². The van der Waals surface area contributed by atoms with E-state index in [1.54, 1.807) is 6.92 Å². The maximum absolute atomic E-state index is 9.24. The Morgan fingerprint density at radius 3 is 2.22 bits per heavy atom. The molecule has 3 heteroatoms. The molecule has 0 rings (SSSR count). The minimum absolute atomic E-state index is 0.350. The number of nitrogens with two attached hydrogens (primary N) is 2. The summed E-state index contributed by atoms with van der Waals surface area (Å²) < 4.78 is 0. The largest absolute Gasteiger partial charge is 0.374 e. The summed E-state index contributed by atoms with van der Waals surface area (Å²) in [4.78, 5) is 0. The minimum atomic E-state index is -1.17. The number of rotatable bonds is 3. The maximum Gasteiger partial charge on any atom is 0.128 e. The Morgan fingerprint density at radius 2 is 2.11 bits per heavy atom. The van der Waals surface area contributed by atoms with E-state index >= 15 is 0 Å². The first-order chi connectivity index (χ1) is 4.00. The first kappa shape index (κ1) is 8.88. The van der Waals surface area contributed by atoms with Crippen LogP contribution >= 0.6 is 0 Å². The topological polar surface area (TPSA) is 72.3 Å². The van der Waals surface area contributed by atoms with Crippen LogP contribution in [-0.4, -0.2) is 16.9 Å². The molecule has 0 aliphatic carbocycles. The van der Waals surface area contributed by atoms with Gasteiger partial charge in [-0.25, -0.2) is 0 Å². The van der Waals surface area contributed by atoms with Gasteiger partial charge in [0.1, 0.15) is 5.72 Å². The number of aliphatic hydroxyl groups is 1. The second-order valence-electron chi connectivity index (χ2n) is 2.53. The smallest absolute Gasteiger partial charge is 0.128 e. The van der Waals surface area contributed by atoms with Crippen LogP contribution in [0.3, 0.4) is 0 Å². The van der Waals surface area contributed by atoms with Gasteiger partial charge in [0, 0.05) is 6.04 Å². The van der Waals surface area contributed by atoms with Crippen molar-refractivity contribution in [2.75, 3.05) is 0 Å². The fourth-order valence-electron chi connectivity index (χ4n) is 0.628. The third-order valence-corrected chi connectivity index (χ3v) is 1.44. The quantitative estimate of drug-likeness (QED) is 0.465. The van der Waals surface area contributed by atoms with Gasteiger partial charge >= 0.3 is 0 Å². The third kappa shape index (κ3) is 2.79. The monoisotopic (exact) mass is 132 g/mol. The van der Waals surface area contributed by atoms with Gasteiger partial charge in [-0.2, -0.15) is 0 Å². The summed E-state index contributed by atoms with van der Waals surface area (Å²) in [5.41, 5.74) is 9.61. The Balaban J connectivity index is 3.70. The van der Waals surface area contributed by atoms with Crippen molar-refractivity contribution in [2.45, 2.75) is 38.5 Å².